The molecule has 2 atom stereocenters. The molecule has 0 bridgehead atoms. The Hall–Kier alpha value is -1.40. The second-order valence-electron chi connectivity index (χ2n) is 6.45. The highest BCUT2D eigenvalue weighted by Crippen LogP contribution is 2.17. The monoisotopic (exact) mass is 330 g/mol. The van der Waals surface area contributed by atoms with Crippen LogP contribution in [-0.4, -0.2) is 58.1 Å². The van der Waals surface area contributed by atoms with Gasteiger partial charge in [-0.15, -0.1) is 0 Å². The summed E-state index contributed by atoms with van der Waals surface area (Å²) in [5, 5.41) is 28.1. The standard InChI is InChI=1S/C17H31NO5/c1-4-5-6-7-8-9-10-18(13-19,11-14(2)16(20)21)12-15(3)17(22)23/h7-8,14-15,19H,4-6,9-13H2,1-3H3,(H-,20,21,22,23)/p+1/b8-7+. The van der Waals surface area contributed by atoms with Crippen LogP contribution >= 0.6 is 0 Å². The Morgan fingerprint density at radius 1 is 1.00 bits per heavy atom. The van der Waals surface area contributed by atoms with Crippen molar-refractivity contribution in [1.82, 2.24) is 0 Å². The third-order valence-electron chi connectivity index (χ3n) is 4.13. The van der Waals surface area contributed by atoms with E-state index in [9.17, 15) is 14.7 Å². The van der Waals surface area contributed by atoms with Crippen molar-refractivity contribution >= 4 is 11.9 Å². The zero-order valence-corrected chi connectivity index (χ0v) is 14.6. The average molecular weight is 330 g/mol. The number of rotatable bonds is 13. The first-order valence-electron chi connectivity index (χ1n) is 8.34. The molecule has 0 heterocycles. The van der Waals surface area contributed by atoms with Crippen LogP contribution in [0.3, 0.4) is 0 Å². The number of nitrogens with zero attached hydrogens (tertiary/aromatic N) is 1. The number of unbranched alkanes of at least 4 members (excludes halogenated alkanes) is 2. The van der Waals surface area contributed by atoms with Crippen molar-refractivity contribution in [1.29, 1.82) is 0 Å². The van der Waals surface area contributed by atoms with Crippen molar-refractivity contribution in [3.05, 3.63) is 12.2 Å². The molecule has 0 aliphatic heterocycles. The van der Waals surface area contributed by atoms with Gasteiger partial charge in [0.05, 0.1) is 19.6 Å². The lowest BCUT2D eigenvalue weighted by molar-refractivity contribution is -0.948. The van der Waals surface area contributed by atoms with Gasteiger partial charge in [0.15, 0.2) is 6.73 Å². The van der Waals surface area contributed by atoms with Crippen LogP contribution in [0.5, 0.6) is 0 Å². The highest BCUT2D eigenvalue weighted by Gasteiger charge is 2.34. The molecule has 0 aromatic rings. The average Bonchev–Trinajstić information content (AvgIpc) is 2.50. The van der Waals surface area contributed by atoms with E-state index in [2.05, 4.69) is 13.0 Å². The molecule has 23 heavy (non-hydrogen) atoms. The first-order valence-corrected chi connectivity index (χ1v) is 8.34. The molecule has 0 aromatic carbocycles. The number of allylic oxidation sites excluding steroid dienone is 1. The van der Waals surface area contributed by atoms with E-state index in [-0.39, 0.29) is 24.3 Å². The minimum atomic E-state index is -0.928. The maximum atomic E-state index is 11.1. The summed E-state index contributed by atoms with van der Waals surface area (Å²) < 4.78 is 0.0963. The van der Waals surface area contributed by atoms with Gasteiger partial charge in [-0.1, -0.05) is 31.9 Å². The van der Waals surface area contributed by atoms with Crippen molar-refractivity contribution in [2.45, 2.75) is 46.5 Å². The quantitative estimate of drug-likeness (QED) is 0.208. The Kier molecular flexibility index (Phi) is 10.5. The molecule has 0 saturated heterocycles. The smallest absolute Gasteiger partial charge is 0.311 e. The minimum Gasteiger partial charge on any atom is -0.481 e. The minimum absolute atomic E-state index is 0.0963. The van der Waals surface area contributed by atoms with E-state index in [0.717, 1.165) is 19.3 Å². The van der Waals surface area contributed by atoms with E-state index in [1.54, 1.807) is 13.8 Å². The molecule has 0 aliphatic rings. The van der Waals surface area contributed by atoms with Gasteiger partial charge in [-0.2, -0.15) is 0 Å². The Labute approximate surface area is 139 Å². The molecule has 6 nitrogen and oxygen atoms in total. The number of quaternary nitrogens is 1. The fourth-order valence-electron chi connectivity index (χ4n) is 2.67. The van der Waals surface area contributed by atoms with Gasteiger partial charge in [-0.25, -0.2) is 0 Å². The van der Waals surface area contributed by atoms with Crippen molar-refractivity contribution in [2.75, 3.05) is 26.4 Å². The normalized spacial score (nSPS) is 16.9. The van der Waals surface area contributed by atoms with Crippen molar-refractivity contribution in [3.8, 4) is 0 Å². The molecule has 0 spiro atoms. The molecule has 0 aromatic heterocycles. The predicted octanol–water partition coefficient (Wildman–Crippen LogP) is 2.33. The van der Waals surface area contributed by atoms with Crippen LogP contribution in [0, 0.1) is 11.8 Å². The molecule has 6 heteroatoms. The summed E-state index contributed by atoms with van der Waals surface area (Å²) in [6, 6.07) is 0. The van der Waals surface area contributed by atoms with E-state index >= 15 is 0 Å². The van der Waals surface area contributed by atoms with Gasteiger partial charge < -0.3 is 15.3 Å². The molecule has 0 radical (unpaired) electrons. The van der Waals surface area contributed by atoms with Gasteiger partial charge in [0.25, 0.3) is 0 Å². The molecule has 3 N–H and O–H groups in total. The maximum Gasteiger partial charge on any atom is 0.311 e. The van der Waals surface area contributed by atoms with Crippen LogP contribution in [0.4, 0.5) is 0 Å². The summed E-state index contributed by atoms with van der Waals surface area (Å²) in [7, 11) is 0. The van der Waals surface area contributed by atoms with E-state index in [4.69, 9.17) is 10.2 Å². The number of aliphatic hydroxyl groups is 1. The van der Waals surface area contributed by atoms with Crippen LogP contribution in [0.15, 0.2) is 12.2 Å². The number of aliphatic hydroxyl groups excluding tert-OH is 1. The number of hydrogen-bond acceptors (Lipinski definition) is 3. The number of carbonyl (C=O) groups is 2. The summed E-state index contributed by atoms with van der Waals surface area (Å²) >= 11 is 0. The Bertz CT molecular complexity index is 372. The fourth-order valence-corrected chi connectivity index (χ4v) is 2.67. The molecule has 2 unspecified atom stereocenters. The Morgan fingerprint density at radius 3 is 1.87 bits per heavy atom. The van der Waals surface area contributed by atoms with Crippen molar-refractivity contribution < 1.29 is 29.4 Å². The topological polar surface area (TPSA) is 94.8 Å². The summed E-state index contributed by atoms with van der Waals surface area (Å²) in [4.78, 5) is 22.3. The van der Waals surface area contributed by atoms with Crippen molar-refractivity contribution in [3.63, 3.8) is 0 Å². The number of carboxylic acids is 2. The fraction of sp³-hybridized carbons (Fsp3) is 0.765. The zero-order chi connectivity index (χ0) is 17.9. The summed E-state index contributed by atoms with van der Waals surface area (Å²) in [5.74, 6) is -3.12. The van der Waals surface area contributed by atoms with E-state index in [1.165, 1.54) is 0 Å². The second kappa shape index (κ2) is 11.2. The summed E-state index contributed by atoms with van der Waals surface area (Å²) in [6.45, 7) is 6.05. The van der Waals surface area contributed by atoms with Crippen LogP contribution in [0.1, 0.15) is 46.5 Å². The number of carboxylic acid groups (broad SMARTS) is 2. The summed E-state index contributed by atoms with van der Waals surface area (Å²) in [6.07, 6.45) is 8.09. The zero-order valence-electron chi connectivity index (χ0n) is 14.6. The van der Waals surface area contributed by atoms with Gasteiger partial charge in [-0.3, -0.25) is 14.1 Å². The Morgan fingerprint density at radius 2 is 1.48 bits per heavy atom. The molecule has 0 saturated carbocycles. The molecule has 0 aliphatic carbocycles. The lowest BCUT2D eigenvalue weighted by Crippen LogP contribution is -2.55. The van der Waals surface area contributed by atoms with E-state index < -0.39 is 23.8 Å². The molecular formula is C17H32NO5+. The maximum absolute atomic E-state index is 11.1. The van der Waals surface area contributed by atoms with E-state index in [1.807, 2.05) is 6.08 Å². The van der Waals surface area contributed by atoms with Gasteiger partial charge in [-0.05, 0) is 20.3 Å². The van der Waals surface area contributed by atoms with Gasteiger partial charge in [0, 0.05) is 6.42 Å². The van der Waals surface area contributed by atoms with Crippen LogP contribution in [0.2, 0.25) is 0 Å². The molecular weight excluding hydrogens is 298 g/mol. The second-order valence-corrected chi connectivity index (χ2v) is 6.45. The highest BCUT2D eigenvalue weighted by atomic mass is 16.4. The number of hydrogen-bond donors (Lipinski definition) is 3. The summed E-state index contributed by atoms with van der Waals surface area (Å²) in [5.41, 5.74) is 0. The molecule has 0 rings (SSSR count). The van der Waals surface area contributed by atoms with Gasteiger partial charge in [0.1, 0.15) is 11.8 Å². The third kappa shape index (κ3) is 8.71. The highest BCUT2D eigenvalue weighted by molar-refractivity contribution is 5.70. The SMILES string of the molecule is CCCC/C=C/CC[N+](CO)(CC(C)C(=O)O)CC(C)C(=O)O. The lowest BCUT2D eigenvalue weighted by Gasteiger charge is -2.38. The van der Waals surface area contributed by atoms with Crippen LogP contribution < -0.4 is 0 Å². The van der Waals surface area contributed by atoms with E-state index in [0.29, 0.717) is 13.0 Å². The van der Waals surface area contributed by atoms with Crippen LogP contribution in [0.25, 0.3) is 0 Å². The van der Waals surface area contributed by atoms with Crippen LogP contribution in [-0.2, 0) is 9.59 Å². The molecule has 134 valence electrons. The predicted molar refractivity (Wildman–Crippen MR) is 88.8 cm³/mol. The van der Waals surface area contributed by atoms with Gasteiger partial charge >= 0.3 is 11.9 Å². The molecule has 0 fully saturated rings. The largest absolute Gasteiger partial charge is 0.481 e. The first-order chi connectivity index (χ1) is 10.8. The lowest BCUT2D eigenvalue weighted by atomic mass is 10.1. The molecule has 0 amide bonds. The Balaban J connectivity index is 4.90. The van der Waals surface area contributed by atoms with Gasteiger partial charge in [0.2, 0.25) is 0 Å². The van der Waals surface area contributed by atoms with Crippen molar-refractivity contribution in [2.24, 2.45) is 11.8 Å². The third-order valence-corrected chi connectivity index (χ3v) is 4.13. The first kappa shape index (κ1) is 21.6. The number of aliphatic carboxylic acids is 2.